The van der Waals surface area contributed by atoms with Crippen molar-refractivity contribution in [3.63, 3.8) is 0 Å². The third kappa shape index (κ3) is 3.67. The van der Waals surface area contributed by atoms with E-state index in [0.717, 1.165) is 18.9 Å². The van der Waals surface area contributed by atoms with Crippen LogP contribution in [0.15, 0.2) is 0 Å². The molecule has 1 aliphatic carbocycles. The second-order valence-corrected chi connectivity index (χ2v) is 6.78. The second-order valence-electron chi connectivity index (χ2n) is 6.78. The Bertz CT molecular complexity index is 238. The first-order chi connectivity index (χ1) is 7.75. The molecule has 0 bridgehead atoms. The summed E-state index contributed by atoms with van der Waals surface area (Å²) in [6.07, 6.45) is 1.98. The topological polar surface area (TPSA) is 35.5 Å². The van der Waals surface area contributed by atoms with Gasteiger partial charge in [-0.1, -0.05) is 27.7 Å². The van der Waals surface area contributed by atoms with Gasteiger partial charge in [0.05, 0.1) is 6.10 Å². The lowest BCUT2D eigenvalue weighted by molar-refractivity contribution is -0.0737. The predicted molar refractivity (Wildman–Crippen MR) is 73.1 cm³/mol. The average molecular weight is 242 g/mol. The third-order valence-corrected chi connectivity index (χ3v) is 4.29. The summed E-state index contributed by atoms with van der Waals surface area (Å²) in [6.45, 7) is 9.85. The van der Waals surface area contributed by atoms with Crippen molar-refractivity contribution in [2.45, 2.75) is 58.7 Å². The summed E-state index contributed by atoms with van der Waals surface area (Å²) < 4.78 is 0. The summed E-state index contributed by atoms with van der Waals surface area (Å²) in [7, 11) is 4.30. The number of hydrogen-bond acceptors (Lipinski definition) is 3. The van der Waals surface area contributed by atoms with Crippen molar-refractivity contribution >= 4 is 0 Å². The van der Waals surface area contributed by atoms with Crippen LogP contribution >= 0.6 is 0 Å². The molecule has 1 saturated carbocycles. The lowest BCUT2D eigenvalue weighted by atomic mass is 9.64. The lowest BCUT2D eigenvalue weighted by Crippen LogP contribution is -2.61. The fourth-order valence-electron chi connectivity index (χ4n) is 2.55. The van der Waals surface area contributed by atoms with Gasteiger partial charge in [0.2, 0.25) is 0 Å². The molecular weight excluding hydrogens is 212 g/mol. The van der Waals surface area contributed by atoms with Crippen LogP contribution in [-0.4, -0.2) is 48.8 Å². The normalized spacial score (nSPS) is 29.5. The zero-order valence-electron chi connectivity index (χ0n) is 12.3. The Balaban J connectivity index is 2.38. The fraction of sp³-hybridized carbons (Fsp3) is 1.00. The molecule has 3 atom stereocenters. The van der Waals surface area contributed by atoms with E-state index in [9.17, 15) is 5.11 Å². The maximum absolute atomic E-state index is 9.72. The SMILES string of the molecule is CC(C)CC(CNC1CC(O)C1(C)C)N(C)C. The molecule has 0 aromatic rings. The van der Waals surface area contributed by atoms with Gasteiger partial charge < -0.3 is 15.3 Å². The molecule has 3 heteroatoms. The van der Waals surface area contributed by atoms with Gasteiger partial charge in [-0.2, -0.15) is 0 Å². The largest absolute Gasteiger partial charge is 0.392 e. The minimum Gasteiger partial charge on any atom is -0.392 e. The highest BCUT2D eigenvalue weighted by atomic mass is 16.3. The van der Waals surface area contributed by atoms with E-state index in [1.807, 2.05) is 0 Å². The molecule has 0 aromatic carbocycles. The molecule has 17 heavy (non-hydrogen) atoms. The molecule has 102 valence electrons. The van der Waals surface area contributed by atoms with Crippen LogP contribution in [0.5, 0.6) is 0 Å². The number of nitrogens with one attached hydrogen (secondary N) is 1. The van der Waals surface area contributed by atoms with Crippen molar-refractivity contribution in [1.82, 2.24) is 10.2 Å². The van der Waals surface area contributed by atoms with Crippen LogP contribution in [0.4, 0.5) is 0 Å². The van der Waals surface area contributed by atoms with Crippen molar-refractivity contribution in [3.05, 3.63) is 0 Å². The molecule has 0 heterocycles. The molecule has 1 fully saturated rings. The van der Waals surface area contributed by atoms with Crippen molar-refractivity contribution in [2.24, 2.45) is 11.3 Å². The Labute approximate surface area is 107 Å². The fourth-order valence-corrected chi connectivity index (χ4v) is 2.55. The standard InChI is InChI=1S/C14H30N2O/c1-10(2)7-11(16(5)6)9-15-12-8-13(17)14(12,3)4/h10-13,15,17H,7-9H2,1-6H3. The molecule has 3 unspecified atom stereocenters. The van der Waals surface area contributed by atoms with Crippen LogP contribution in [0.3, 0.4) is 0 Å². The minimum absolute atomic E-state index is 0.0364. The van der Waals surface area contributed by atoms with Gasteiger partial charge in [-0.15, -0.1) is 0 Å². The molecule has 1 aliphatic rings. The van der Waals surface area contributed by atoms with Crippen LogP contribution in [-0.2, 0) is 0 Å². The van der Waals surface area contributed by atoms with Gasteiger partial charge >= 0.3 is 0 Å². The van der Waals surface area contributed by atoms with Gasteiger partial charge in [-0.3, -0.25) is 0 Å². The predicted octanol–water partition coefficient (Wildman–Crippen LogP) is 1.71. The van der Waals surface area contributed by atoms with E-state index in [-0.39, 0.29) is 11.5 Å². The summed E-state index contributed by atoms with van der Waals surface area (Å²) in [5.41, 5.74) is 0.0364. The Morgan fingerprint density at radius 3 is 2.29 bits per heavy atom. The lowest BCUT2D eigenvalue weighted by Gasteiger charge is -2.50. The van der Waals surface area contributed by atoms with E-state index in [4.69, 9.17) is 0 Å². The molecule has 2 N–H and O–H groups in total. The molecule has 0 spiro atoms. The highest BCUT2D eigenvalue weighted by molar-refractivity contribution is 5.02. The summed E-state index contributed by atoms with van der Waals surface area (Å²) in [4.78, 5) is 2.30. The second kappa shape index (κ2) is 5.68. The van der Waals surface area contributed by atoms with Crippen LogP contribution in [0.1, 0.15) is 40.5 Å². The number of rotatable bonds is 6. The Morgan fingerprint density at radius 2 is 1.94 bits per heavy atom. The van der Waals surface area contributed by atoms with Gasteiger partial charge in [-0.05, 0) is 32.9 Å². The zero-order valence-corrected chi connectivity index (χ0v) is 12.3. The van der Waals surface area contributed by atoms with Crippen molar-refractivity contribution in [3.8, 4) is 0 Å². The van der Waals surface area contributed by atoms with Crippen LogP contribution < -0.4 is 5.32 Å². The van der Waals surface area contributed by atoms with Crippen LogP contribution in [0.25, 0.3) is 0 Å². The molecule has 1 rings (SSSR count). The van der Waals surface area contributed by atoms with Gasteiger partial charge in [0.25, 0.3) is 0 Å². The van der Waals surface area contributed by atoms with Gasteiger partial charge in [0.1, 0.15) is 0 Å². The molecule has 0 radical (unpaired) electrons. The van der Waals surface area contributed by atoms with Crippen LogP contribution in [0.2, 0.25) is 0 Å². The van der Waals surface area contributed by atoms with Crippen molar-refractivity contribution in [2.75, 3.05) is 20.6 Å². The number of aliphatic hydroxyl groups excluding tert-OH is 1. The molecule has 0 amide bonds. The first-order valence-corrected chi connectivity index (χ1v) is 6.83. The summed E-state index contributed by atoms with van der Waals surface area (Å²) >= 11 is 0. The van der Waals surface area contributed by atoms with E-state index >= 15 is 0 Å². The average Bonchev–Trinajstić information content (AvgIpc) is 2.21. The Kier molecular flexibility index (Phi) is 4.99. The quantitative estimate of drug-likeness (QED) is 0.744. The summed E-state index contributed by atoms with van der Waals surface area (Å²) in [6, 6.07) is 1.05. The van der Waals surface area contributed by atoms with E-state index in [1.165, 1.54) is 6.42 Å². The number of nitrogens with zero attached hydrogens (tertiary/aromatic N) is 1. The highest BCUT2D eigenvalue weighted by Gasteiger charge is 2.46. The summed E-state index contributed by atoms with van der Waals surface area (Å²) in [5.74, 6) is 0.726. The monoisotopic (exact) mass is 242 g/mol. The number of aliphatic hydroxyl groups is 1. The highest BCUT2D eigenvalue weighted by Crippen LogP contribution is 2.40. The van der Waals surface area contributed by atoms with E-state index in [1.54, 1.807) is 0 Å². The van der Waals surface area contributed by atoms with Gasteiger partial charge in [-0.25, -0.2) is 0 Å². The Morgan fingerprint density at radius 1 is 1.35 bits per heavy atom. The first kappa shape index (κ1) is 14.9. The molecular formula is C14H30N2O. The van der Waals surface area contributed by atoms with E-state index < -0.39 is 0 Å². The maximum atomic E-state index is 9.72. The smallest absolute Gasteiger partial charge is 0.0621 e. The molecule has 0 aliphatic heterocycles. The van der Waals surface area contributed by atoms with E-state index in [2.05, 4.69) is 52.0 Å². The first-order valence-electron chi connectivity index (χ1n) is 6.83. The number of likely N-dealkylation sites (N-methyl/N-ethyl adjacent to an activating group) is 1. The third-order valence-electron chi connectivity index (χ3n) is 4.29. The van der Waals surface area contributed by atoms with Crippen molar-refractivity contribution < 1.29 is 5.11 Å². The summed E-state index contributed by atoms with van der Waals surface area (Å²) in [5, 5.41) is 13.3. The van der Waals surface area contributed by atoms with Crippen molar-refractivity contribution in [1.29, 1.82) is 0 Å². The van der Waals surface area contributed by atoms with Gasteiger partial charge in [0, 0.05) is 24.0 Å². The molecule has 0 aromatic heterocycles. The zero-order chi connectivity index (χ0) is 13.2. The Hall–Kier alpha value is -0.120. The van der Waals surface area contributed by atoms with E-state index in [0.29, 0.717) is 12.1 Å². The van der Waals surface area contributed by atoms with Gasteiger partial charge in [0.15, 0.2) is 0 Å². The molecule has 3 nitrogen and oxygen atoms in total. The number of hydrogen-bond donors (Lipinski definition) is 2. The van der Waals surface area contributed by atoms with Crippen LogP contribution in [0, 0.1) is 11.3 Å². The maximum Gasteiger partial charge on any atom is 0.0621 e. The molecule has 0 saturated heterocycles. The minimum atomic E-state index is -0.136.